The van der Waals surface area contributed by atoms with Gasteiger partial charge in [0.2, 0.25) is 0 Å². The Kier molecular flexibility index (Phi) is 4.15. The first-order valence-corrected chi connectivity index (χ1v) is 6.95. The molecular weight excluding hydrogens is 260 g/mol. The number of hydrogen-bond acceptors (Lipinski definition) is 1. The molecule has 19 heavy (non-hydrogen) atoms. The average molecular weight is 279 g/mol. The molecule has 2 rings (SSSR count). The second kappa shape index (κ2) is 5.66. The van der Waals surface area contributed by atoms with Crippen molar-refractivity contribution in [1.29, 1.82) is 0 Å². The fraction of sp³-hybridized carbons (Fsp3) is 0.400. The minimum atomic E-state index is 0.0401. The van der Waals surface area contributed by atoms with Crippen LogP contribution in [0.3, 0.4) is 0 Å². The summed E-state index contributed by atoms with van der Waals surface area (Å²) in [5.74, 6) is 0.0401. The van der Waals surface area contributed by atoms with Gasteiger partial charge in [-0.05, 0) is 31.0 Å². The molecule has 0 atom stereocenters. The van der Waals surface area contributed by atoms with Crippen molar-refractivity contribution in [2.45, 2.75) is 26.7 Å². The first kappa shape index (κ1) is 13.9. The summed E-state index contributed by atoms with van der Waals surface area (Å²) in [6.07, 6.45) is 2.10. The van der Waals surface area contributed by atoms with E-state index in [0.29, 0.717) is 10.7 Å². The van der Waals surface area contributed by atoms with Crippen LogP contribution in [0.15, 0.2) is 18.2 Å². The lowest BCUT2D eigenvalue weighted by Crippen LogP contribution is -2.28. The van der Waals surface area contributed by atoms with Crippen LogP contribution < -0.4 is 0 Å². The molecule has 0 saturated heterocycles. The Morgan fingerprint density at radius 1 is 1.42 bits per heavy atom. The average Bonchev–Trinajstić information content (AvgIpc) is 2.71. The van der Waals surface area contributed by atoms with E-state index in [4.69, 9.17) is 11.6 Å². The molecule has 1 aromatic carbocycles. The van der Waals surface area contributed by atoms with Gasteiger partial charge in [-0.15, -0.1) is 0 Å². The number of amides is 1. The number of aromatic amines is 1. The second-order valence-corrected chi connectivity index (χ2v) is 5.33. The number of H-pyrrole nitrogens is 1. The van der Waals surface area contributed by atoms with Crippen LogP contribution in [0.4, 0.5) is 0 Å². The van der Waals surface area contributed by atoms with Crippen molar-refractivity contribution in [1.82, 2.24) is 9.88 Å². The fourth-order valence-electron chi connectivity index (χ4n) is 2.21. The van der Waals surface area contributed by atoms with Gasteiger partial charge in [-0.1, -0.05) is 31.0 Å². The van der Waals surface area contributed by atoms with E-state index in [2.05, 4.69) is 11.9 Å². The van der Waals surface area contributed by atoms with Crippen LogP contribution >= 0.6 is 11.6 Å². The van der Waals surface area contributed by atoms with Crippen molar-refractivity contribution in [3.63, 3.8) is 0 Å². The molecule has 0 bridgehead atoms. The zero-order valence-corrected chi connectivity index (χ0v) is 12.3. The molecule has 0 radical (unpaired) electrons. The van der Waals surface area contributed by atoms with Crippen LogP contribution in [-0.2, 0) is 0 Å². The summed E-state index contributed by atoms with van der Waals surface area (Å²) in [4.78, 5) is 17.3. The highest BCUT2D eigenvalue weighted by Gasteiger charge is 2.18. The van der Waals surface area contributed by atoms with Crippen LogP contribution in [0.5, 0.6) is 0 Å². The standard InChI is InChI=1S/C15H19ClN2O/c1-4-5-8-18(3)15(19)14-10(2)12-7-6-11(16)9-13(12)17-14/h6-7,9,17H,4-5,8H2,1-3H3. The van der Waals surface area contributed by atoms with Gasteiger partial charge in [-0.2, -0.15) is 0 Å². The molecule has 0 aliphatic carbocycles. The van der Waals surface area contributed by atoms with Crippen LogP contribution in [0.1, 0.15) is 35.8 Å². The van der Waals surface area contributed by atoms with Gasteiger partial charge < -0.3 is 9.88 Å². The summed E-state index contributed by atoms with van der Waals surface area (Å²) in [6, 6.07) is 5.65. The summed E-state index contributed by atoms with van der Waals surface area (Å²) < 4.78 is 0. The molecular formula is C15H19ClN2O. The lowest BCUT2D eigenvalue weighted by atomic mass is 10.1. The third-order valence-electron chi connectivity index (χ3n) is 3.43. The zero-order chi connectivity index (χ0) is 14.0. The SMILES string of the molecule is CCCCN(C)C(=O)c1[nH]c2cc(Cl)ccc2c1C. The molecule has 4 heteroatoms. The highest BCUT2D eigenvalue weighted by Crippen LogP contribution is 2.25. The summed E-state index contributed by atoms with van der Waals surface area (Å²) in [7, 11) is 1.84. The molecule has 1 amide bonds. The highest BCUT2D eigenvalue weighted by molar-refractivity contribution is 6.31. The minimum absolute atomic E-state index is 0.0401. The number of carbonyl (C=O) groups excluding carboxylic acids is 1. The number of rotatable bonds is 4. The Balaban J connectivity index is 2.34. The summed E-state index contributed by atoms with van der Waals surface area (Å²) in [5.41, 5.74) is 2.56. The van der Waals surface area contributed by atoms with Gasteiger partial charge in [0.05, 0.1) is 0 Å². The third kappa shape index (κ3) is 2.76. The number of unbranched alkanes of at least 4 members (excludes halogenated alkanes) is 1. The third-order valence-corrected chi connectivity index (χ3v) is 3.66. The topological polar surface area (TPSA) is 36.1 Å². The van der Waals surface area contributed by atoms with Gasteiger partial charge in [0.25, 0.3) is 5.91 Å². The van der Waals surface area contributed by atoms with E-state index in [1.54, 1.807) is 4.90 Å². The molecule has 1 aromatic heterocycles. The maximum absolute atomic E-state index is 12.4. The minimum Gasteiger partial charge on any atom is -0.350 e. The van der Waals surface area contributed by atoms with E-state index in [-0.39, 0.29) is 5.91 Å². The molecule has 0 aliphatic rings. The molecule has 0 aliphatic heterocycles. The Morgan fingerprint density at radius 2 is 2.16 bits per heavy atom. The molecule has 0 fully saturated rings. The Labute approximate surface area is 118 Å². The van der Waals surface area contributed by atoms with E-state index >= 15 is 0 Å². The van der Waals surface area contributed by atoms with Gasteiger partial charge in [0.1, 0.15) is 5.69 Å². The molecule has 0 unspecified atom stereocenters. The van der Waals surface area contributed by atoms with Crippen molar-refractivity contribution in [3.8, 4) is 0 Å². The Morgan fingerprint density at radius 3 is 2.84 bits per heavy atom. The number of carbonyl (C=O) groups is 1. The van der Waals surface area contributed by atoms with Crippen molar-refractivity contribution < 1.29 is 4.79 Å². The number of hydrogen-bond donors (Lipinski definition) is 1. The van der Waals surface area contributed by atoms with Crippen LogP contribution in [0.2, 0.25) is 5.02 Å². The molecule has 2 aromatic rings. The van der Waals surface area contributed by atoms with E-state index in [1.165, 1.54) is 0 Å². The second-order valence-electron chi connectivity index (χ2n) is 4.90. The molecule has 102 valence electrons. The van der Waals surface area contributed by atoms with E-state index in [1.807, 2.05) is 32.2 Å². The van der Waals surface area contributed by atoms with Gasteiger partial charge in [-0.25, -0.2) is 0 Å². The first-order valence-electron chi connectivity index (χ1n) is 6.58. The number of nitrogens with zero attached hydrogens (tertiary/aromatic N) is 1. The van der Waals surface area contributed by atoms with Crippen LogP contribution in [-0.4, -0.2) is 29.4 Å². The molecule has 1 heterocycles. The predicted molar refractivity (Wildman–Crippen MR) is 79.9 cm³/mol. The van der Waals surface area contributed by atoms with Crippen LogP contribution in [0, 0.1) is 6.92 Å². The van der Waals surface area contributed by atoms with Gasteiger partial charge >= 0.3 is 0 Å². The maximum Gasteiger partial charge on any atom is 0.270 e. The monoisotopic (exact) mass is 278 g/mol. The predicted octanol–water partition coefficient (Wildman–Crippen LogP) is 4.00. The molecule has 3 nitrogen and oxygen atoms in total. The largest absolute Gasteiger partial charge is 0.350 e. The first-order chi connectivity index (χ1) is 9.04. The molecule has 1 N–H and O–H groups in total. The highest BCUT2D eigenvalue weighted by atomic mass is 35.5. The van der Waals surface area contributed by atoms with Crippen LogP contribution in [0.25, 0.3) is 10.9 Å². The summed E-state index contributed by atoms with van der Waals surface area (Å²) in [6.45, 7) is 4.87. The number of halogens is 1. The lowest BCUT2D eigenvalue weighted by Gasteiger charge is -2.16. The quantitative estimate of drug-likeness (QED) is 0.901. The number of benzene rings is 1. The fourth-order valence-corrected chi connectivity index (χ4v) is 2.38. The zero-order valence-electron chi connectivity index (χ0n) is 11.6. The number of aryl methyl sites for hydroxylation is 1. The van der Waals surface area contributed by atoms with Crippen molar-refractivity contribution in [3.05, 3.63) is 34.5 Å². The number of aromatic nitrogens is 1. The molecule has 0 saturated carbocycles. The molecule has 0 spiro atoms. The van der Waals surface area contributed by atoms with Crippen molar-refractivity contribution >= 4 is 28.4 Å². The maximum atomic E-state index is 12.4. The summed E-state index contributed by atoms with van der Waals surface area (Å²) >= 11 is 5.98. The normalized spacial score (nSPS) is 10.9. The van der Waals surface area contributed by atoms with E-state index < -0.39 is 0 Å². The van der Waals surface area contributed by atoms with Crippen molar-refractivity contribution in [2.75, 3.05) is 13.6 Å². The number of fused-ring (bicyclic) bond motifs is 1. The van der Waals surface area contributed by atoms with Gasteiger partial charge in [0, 0.05) is 29.5 Å². The smallest absolute Gasteiger partial charge is 0.270 e. The van der Waals surface area contributed by atoms with E-state index in [9.17, 15) is 4.79 Å². The van der Waals surface area contributed by atoms with Gasteiger partial charge in [0.15, 0.2) is 0 Å². The Bertz CT molecular complexity index is 603. The Hall–Kier alpha value is -1.48. The summed E-state index contributed by atoms with van der Waals surface area (Å²) in [5, 5.41) is 1.73. The number of nitrogens with one attached hydrogen (secondary N) is 1. The van der Waals surface area contributed by atoms with E-state index in [0.717, 1.165) is 35.9 Å². The van der Waals surface area contributed by atoms with Crippen molar-refractivity contribution in [2.24, 2.45) is 0 Å². The van der Waals surface area contributed by atoms with Gasteiger partial charge in [-0.3, -0.25) is 4.79 Å². The lowest BCUT2D eigenvalue weighted by molar-refractivity contribution is 0.0788.